The van der Waals surface area contributed by atoms with E-state index in [4.69, 9.17) is 19.6 Å². The Morgan fingerprint density at radius 2 is 2.14 bits per heavy atom. The Hall–Kier alpha value is -1.17. The van der Waals surface area contributed by atoms with Crippen molar-refractivity contribution < 1.29 is 48.2 Å². The number of urea groups is 1. The first-order valence-corrected chi connectivity index (χ1v) is 7.77. The van der Waals surface area contributed by atoms with Crippen molar-refractivity contribution in [3.63, 3.8) is 0 Å². The number of rotatable bonds is 4. The predicted octanol–water partition coefficient (Wildman–Crippen LogP) is -1.55. The zero-order valence-corrected chi connectivity index (χ0v) is 12.3. The van der Waals surface area contributed by atoms with Gasteiger partial charge >= 0.3 is 13.9 Å². The lowest BCUT2D eigenvalue weighted by atomic mass is 10.1. The van der Waals surface area contributed by atoms with Gasteiger partial charge in [-0.15, -0.1) is 0 Å². The van der Waals surface area contributed by atoms with E-state index in [1.165, 1.54) is 6.92 Å². The molecule has 2 aliphatic rings. The van der Waals surface area contributed by atoms with Gasteiger partial charge in [0.25, 0.3) is 5.91 Å². The summed E-state index contributed by atoms with van der Waals surface area (Å²) in [5.41, 5.74) is -0.0291. The number of phosphoric acid groups is 1. The molecule has 0 aromatic rings. The average molecular weight is 339 g/mol. The summed E-state index contributed by atoms with van der Waals surface area (Å²) in [5.74, 6) is -0.745. The zero-order chi connectivity index (χ0) is 16.7. The fraction of sp³-hybridized carbons (Fsp3) is 0.600. The van der Waals surface area contributed by atoms with E-state index in [0.29, 0.717) is 0 Å². The highest BCUT2D eigenvalue weighted by molar-refractivity contribution is 7.46. The number of nitrogens with zero attached hydrogens (tertiary/aromatic N) is 1. The third-order valence-electron chi connectivity index (χ3n) is 3.33. The number of amides is 3. The van der Waals surface area contributed by atoms with Gasteiger partial charge in [0.05, 0.1) is 24.7 Å². The number of hydrogen-bond acceptors (Lipinski definition) is 7. The average Bonchev–Trinajstić information content (AvgIpc) is 2.76. The molecule has 5 N–H and O–H groups in total. The molecule has 3 amide bonds. The van der Waals surface area contributed by atoms with Crippen LogP contribution in [-0.4, -0.2) is 61.6 Å². The minimum atomic E-state index is -5.15. The van der Waals surface area contributed by atoms with Crippen LogP contribution in [0, 0.1) is 0 Å². The third-order valence-corrected chi connectivity index (χ3v) is 3.82. The lowest BCUT2D eigenvalue weighted by Crippen LogP contribution is -2.62. The summed E-state index contributed by atoms with van der Waals surface area (Å²) in [7, 11) is -5.15. The minimum absolute atomic E-state index is 0.0291. The highest BCUT2D eigenvalue weighted by atomic mass is 31.2. The number of imide groups is 1. The number of carbonyl (C=O) groups excluding carboxylic acids is 2. The molecule has 2 aliphatic heterocycles. The van der Waals surface area contributed by atoms with Gasteiger partial charge in [-0.1, -0.05) is 4.62 Å². The third kappa shape index (κ3) is 3.12. The zero-order valence-electron chi connectivity index (χ0n) is 11.4. The van der Waals surface area contributed by atoms with Crippen molar-refractivity contribution in [1.82, 2.24) is 5.32 Å². The van der Waals surface area contributed by atoms with Crippen LogP contribution in [0.1, 0.15) is 13.3 Å². The van der Waals surface area contributed by atoms with Gasteiger partial charge in [0.1, 0.15) is 6.10 Å². The smallest absolute Gasteiger partial charge is 0.394 e. The maximum atomic E-state index is 12.1. The fourth-order valence-corrected chi connectivity index (χ4v) is 2.89. The Kier molecular flexibility index (Phi) is 4.53. The predicted molar refractivity (Wildman–Crippen MR) is 67.1 cm³/mol. The van der Waals surface area contributed by atoms with E-state index in [9.17, 15) is 19.3 Å². The molecule has 0 radical (unpaired) electrons. The van der Waals surface area contributed by atoms with E-state index in [1.807, 2.05) is 5.32 Å². The first-order valence-electron chi connectivity index (χ1n) is 6.24. The van der Waals surface area contributed by atoms with Crippen LogP contribution in [0.4, 0.5) is 4.79 Å². The van der Waals surface area contributed by atoms with Gasteiger partial charge in [0.15, 0.2) is 6.20 Å². The second-order valence-corrected chi connectivity index (χ2v) is 6.11. The van der Waals surface area contributed by atoms with Crippen LogP contribution < -0.4 is 5.32 Å². The highest BCUT2D eigenvalue weighted by Gasteiger charge is 2.59. The lowest BCUT2D eigenvalue weighted by molar-refractivity contribution is -1.01. The molecule has 2 heterocycles. The van der Waals surface area contributed by atoms with Gasteiger partial charge in [-0.05, 0) is 11.6 Å². The molecule has 0 saturated carbocycles. The van der Waals surface area contributed by atoms with Crippen LogP contribution in [0.5, 0.6) is 0 Å². The number of ether oxygens (including phenoxy) is 1. The molecule has 0 aromatic heterocycles. The van der Waals surface area contributed by atoms with E-state index >= 15 is 0 Å². The Balaban J connectivity index is 2.46. The van der Waals surface area contributed by atoms with Crippen LogP contribution in [-0.2, 0) is 18.7 Å². The van der Waals surface area contributed by atoms with E-state index < -0.39 is 49.5 Å². The lowest BCUT2D eigenvalue weighted by Gasteiger charge is -2.34. The Labute approximate surface area is 124 Å². The van der Waals surface area contributed by atoms with Crippen molar-refractivity contribution in [1.29, 1.82) is 0 Å². The Bertz CT molecular complexity index is 573. The first-order chi connectivity index (χ1) is 10.1. The SMILES string of the molecule is CC1=C[N+](OP(=O)(O)O)([C@H]2C[C@H](O)[C@@H](CO)O2)C(=O)NC1=O. The summed E-state index contributed by atoms with van der Waals surface area (Å²) >= 11 is 0. The van der Waals surface area contributed by atoms with E-state index in [2.05, 4.69) is 4.62 Å². The van der Waals surface area contributed by atoms with Crippen molar-refractivity contribution >= 4 is 19.8 Å². The van der Waals surface area contributed by atoms with Gasteiger partial charge in [-0.25, -0.2) is 14.7 Å². The molecular formula is C10H16N2O9P+. The van der Waals surface area contributed by atoms with Gasteiger partial charge in [0, 0.05) is 0 Å². The molecule has 0 aliphatic carbocycles. The quantitative estimate of drug-likeness (QED) is 0.301. The number of aliphatic hydroxyl groups is 2. The number of hydroxylamine groups is 3. The largest absolute Gasteiger partial charge is 0.516 e. The van der Waals surface area contributed by atoms with Crippen LogP contribution in [0.3, 0.4) is 0 Å². The highest BCUT2D eigenvalue weighted by Crippen LogP contribution is 2.45. The number of hydrogen-bond donors (Lipinski definition) is 5. The second-order valence-electron chi connectivity index (χ2n) is 4.97. The summed E-state index contributed by atoms with van der Waals surface area (Å²) in [6, 6.07) is -1.17. The summed E-state index contributed by atoms with van der Waals surface area (Å²) in [4.78, 5) is 41.7. The van der Waals surface area contributed by atoms with Gasteiger partial charge in [-0.3, -0.25) is 14.6 Å². The molecular weight excluding hydrogens is 323 g/mol. The monoisotopic (exact) mass is 339 g/mol. The second kappa shape index (κ2) is 5.80. The number of aliphatic hydroxyl groups excluding tert-OH is 2. The molecule has 1 saturated heterocycles. The summed E-state index contributed by atoms with van der Waals surface area (Å²) in [5, 5.41) is 20.7. The van der Waals surface area contributed by atoms with Crippen molar-refractivity contribution in [3.05, 3.63) is 11.8 Å². The van der Waals surface area contributed by atoms with Crippen LogP contribution in [0.15, 0.2) is 11.8 Å². The van der Waals surface area contributed by atoms with Gasteiger partial charge in [-0.2, -0.15) is 0 Å². The number of quaternary nitrogens is 1. The molecule has 4 atom stereocenters. The molecule has 0 spiro atoms. The first kappa shape index (κ1) is 17.2. The molecule has 12 heteroatoms. The van der Waals surface area contributed by atoms with Crippen molar-refractivity contribution in [2.75, 3.05) is 6.61 Å². The molecule has 124 valence electrons. The summed E-state index contributed by atoms with van der Waals surface area (Å²) in [6.07, 6.45) is -2.89. The molecule has 0 bridgehead atoms. The van der Waals surface area contributed by atoms with E-state index in [1.54, 1.807) is 0 Å². The van der Waals surface area contributed by atoms with Crippen LogP contribution in [0.2, 0.25) is 0 Å². The Morgan fingerprint density at radius 1 is 1.50 bits per heavy atom. The van der Waals surface area contributed by atoms with Crippen molar-refractivity contribution in [2.24, 2.45) is 0 Å². The van der Waals surface area contributed by atoms with Crippen molar-refractivity contribution in [3.8, 4) is 0 Å². The molecule has 1 unspecified atom stereocenters. The maximum Gasteiger partial charge on any atom is 0.516 e. The Morgan fingerprint density at radius 3 is 2.64 bits per heavy atom. The van der Waals surface area contributed by atoms with Gasteiger partial charge in [0.2, 0.25) is 6.23 Å². The summed E-state index contributed by atoms with van der Waals surface area (Å²) < 4.78 is 19.6. The topological polar surface area (TPSA) is 163 Å². The fourth-order valence-electron chi connectivity index (χ4n) is 2.31. The molecule has 22 heavy (non-hydrogen) atoms. The maximum absolute atomic E-state index is 12.1. The van der Waals surface area contributed by atoms with Crippen LogP contribution in [0.25, 0.3) is 0 Å². The minimum Gasteiger partial charge on any atom is -0.394 e. The van der Waals surface area contributed by atoms with E-state index in [-0.39, 0.29) is 12.0 Å². The molecule has 2 rings (SSSR count). The molecule has 1 fully saturated rings. The van der Waals surface area contributed by atoms with Crippen LogP contribution >= 0.6 is 7.82 Å². The normalized spacial score (nSPS) is 36.2. The van der Waals surface area contributed by atoms with E-state index in [0.717, 1.165) is 6.20 Å². The van der Waals surface area contributed by atoms with Gasteiger partial charge < -0.3 is 14.9 Å². The number of nitrogens with one attached hydrogen (secondary N) is 1. The van der Waals surface area contributed by atoms with Crippen molar-refractivity contribution in [2.45, 2.75) is 31.8 Å². The molecule has 0 aromatic carbocycles. The number of carbonyl (C=O) groups is 2. The molecule has 11 nitrogen and oxygen atoms in total. The summed E-state index contributed by atoms with van der Waals surface area (Å²) in [6.45, 7) is 0.754. The standard InChI is InChI=1S/C10H15N2O9P/c1-5-3-12(21-22(17,18)19,10(16)11-9(5)15)8-2-6(14)7(4-13)20-8/h3,6-8,13-14H,2,4H2,1H3,(H2-,11,15,16,17,18,19)/p+1/t6-,7+,8+,12?/m0/s1.